The van der Waals surface area contributed by atoms with Crippen LogP contribution in [0.15, 0.2) is 18.2 Å². The maximum atomic E-state index is 12.0. The van der Waals surface area contributed by atoms with E-state index in [-0.39, 0.29) is 17.2 Å². The lowest BCUT2D eigenvalue weighted by Crippen LogP contribution is -2.54. The summed E-state index contributed by atoms with van der Waals surface area (Å²) in [5.74, 6) is 0.421. The van der Waals surface area contributed by atoms with Crippen LogP contribution in [0.3, 0.4) is 0 Å². The summed E-state index contributed by atoms with van der Waals surface area (Å²) >= 11 is 0. The molecule has 0 saturated heterocycles. The first kappa shape index (κ1) is 13.5. The molecule has 20 heavy (non-hydrogen) atoms. The van der Waals surface area contributed by atoms with Crippen molar-refractivity contribution in [3.63, 3.8) is 0 Å². The van der Waals surface area contributed by atoms with Crippen LogP contribution in [0, 0.1) is 11.3 Å². The third kappa shape index (κ3) is 1.68. The molecule has 2 aliphatic carbocycles. The standard InChI is InChI=1S/C17H23NO2/c1-16-8-3-9-17(2,15(18)20)14(16)7-5-11-4-6-12(19)10-13(11)16/h4,6,10,14,19H,3,5,7-9H2,1-2H3,(H2,18,20). The predicted molar refractivity (Wildman–Crippen MR) is 78.4 cm³/mol. The van der Waals surface area contributed by atoms with Crippen molar-refractivity contribution >= 4 is 5.91 Å². The topological polar surface area (TPSA) is 63.3 Å². The second-order valence-corrected chi connectivity index (χ2v) is 6.99. The van der Waals surface area contributed by atoms with Crippen molar-refractivity contribution in [2.24, 2.45) is 17.1 Å². The Morgan fingerprint density at radius 2 is 2.10 bits per heavy atom. The Morgan fingerprint density at radius 3 is 2.80 bits per heavy atom. The van der Waals surface area contributed by atoms with Crippen molar-refractivity contribution < 1.29 is 9.90 Å². The number of fused-ring (bicyclic) bond motifs is 3. The van der Waals surface area contributed by atoms with E-state index in [4.69, 9.17) is 5.73 Å². The first-order valence-electron chi connectivity index (χ1n) is 7.50. The number of carbonyl (C=O) groups excluding carboxylic acids is 1. The van der Waals surface area contributed by atoms with E-state index >= 15 is 0 Å². The number of phenolic OH excluding ortho intramolecular Hbond substituents is 1. The number of aryl methyl sites for hydroxylation is 1. The average molecular weight is 273 g/mol. The predicted octanol–water partition coefficient (Wildman–Crippen LogP) is 2.89. The quantitative estimate of drug-likeness (QED) is 0.826. The van der Waals surface area contributed by atoms with E-state index < -0.39 is 5.41 Å². The zero-order valence-corrected chi connectivity index (χ0v) is 12.3. The SMILES string of the molecule is CC1(C(N)=O)CCCC2(C)c3cc(O)ccc3CCC12. The van der Waals surface area contributed by atoms with Crippen LogP contribution in [0.4, 0.5) is 0 Å². The monoisotopic (exact) mass is 273 g/mol. The third-order valence-corrected chi connectivity index (χ3v) is 5.90. The van der Waals surface area contributed by atoms with E-state index in [0.717, 1.165) is 32.1 Å². The Kier molecular flexibility index (Phi) is 2.86. The first-order chi connectivity index (χ1) is 9.38. The van der Waals surface area contributed by atoms with Gasteiger partial charge in [0.1, 0.15) is 5.75 Å². The van der Waals surface area contributed by atoms with Gasteiger partial charge < -0.3 is 10.8 Å². The molecule has 0 heterocycles. The van der Waals surface area contributed by atoms with Gasteiger partial charge in [0.2, 0.25) is 5.91 Å². The van der Waals surface area contributed by atoms with E-state index in [9.17, 15) is 9.90 Å². The number of phenols is 1. The highest BCUT2D eigenvalue weighted by molar-refractivity contribution is 5.81. The first-order valence-corrected chi connectivity index (χ1v) is 7.50. The molecule has 0 radical (unpaired) electrons. The molecule has 3 rings (SSSR count). The molecule has 0 bridgehead atoms. The zero-order valence-electron chi connectivity index (χ0n) is 12.3. The van der Waals surface area contributed by atoms with Gasteiger partial charge in [0.25, 0.3) is 0 Å². The number of aromatic hydroxyl groups is 1. The molecule has 3 unspecified atom stereocenters. The normalized spacial score (nSPS) is 36.0. The highest BCUT2D eigenvalue weighted by Gasteiger charge is 2.54. The van der Waals surface area contributed by atoms with Gasteiger partial charge in [0.05, 0.1) is 0 Å². The molecule has 1 aromatic rings. The minimum atomic E-state index is -0.420. The summed E-state index contributed by atoms with van der Waals surface area (Å²) in [6.45, 7) is 4.28. The molecule has 1 saturated carbocycles. The van der Waals surface area contributed by atoms with Gasteiger partial charge in [0.15, 0.2) is 0 Å². The summed E-state index contributed by atoms with van der Waals surface area (Å²) in [4.78, 5) is 12.0. The highest BCUT2D eigenvalue weighted by Crippen LogP contribution is 2.57. The van der Waals surface area contributed by atoms with E-state index in [0.29, 0.717) is 5.75 Å². The number of primary amides is 1. The number of carbonyl (C=O) groups is 1. The minimum absolute atomic E-state index is 0.0473. The molecule has 1 aromatic carbocycles. The molecular weight excluding hydrogens is 250 g/mol. The third-order valence-electron chi connectivity index (χ3n) is 5.90. The summed E-state index contributed by atoms with van der Waals surface area (Å²) in [5.41, 5.74) is 7.80. The van der Waals surface area contributed by atoms with Crippen LogP contribution in [0.5, 0.6) is 5.75 Å². The number of amides is 1. The number of benzene rings is 1. The summed E-state index contributed by atoms with van der Waals surface area (Å²) < 4.78 is 0. The molecule has 3 N–H and O–H groups in total. The van der Waals surface area contributed by atoms with Crippen molar-refractivity contribution in [3.05, 3.63) is 29.3 Å². The van der Waals surface area contributed by atoms with Gasteiger partial charge in [-0.3, -0.25) is 4.79 Å². The number of rotatable bonds is 1. The van der Waals surface area contributed by atoms with Crippen LogP contribution in [0.25, 0.3) is 0 Å². The van der Waals surface area contributed by atoms with Crippen LogP contribution in [-0.2, 0) is 16.6 Å². The summed E-state index contributed by atoms with van der Waals surface area (Å²) in [6, 6.07) is 5.69. The lowest BCUT2D eigenvalue weighted by molar-refractivity contribution is -0.135. The van der Waals surface area contributed by atoms with Gasteiger partial charge in [-0.05, 0) is 60.3 Å². The second kappa shape index (κ2) is 4.24. The largest absolute Gasteiger partial charge is 0.508 e. The zero-order chi connectivity index (χ0) is 14.5. The fourth-order valence-electron chi connectivity index (χ4n) is 4.74. The van der Waals surface area contributed by atoms with Crippen molar-refractivity contribution in [2.45, 2.75) is 51.4 Å². The van der Waals surface area contributed by atoms with Gasteiger partial charge in [-0.25, -0.2) is 0 Å². The van der Waals surface area contributed by atoms with Gasteiger partial charge in [-0.1, -0.05) is 26.3 Å². The number of nitrogens with two attached hydrogens (primary N) is 1. The highest BCUT2D eigenvalue weighted by atomic mass is 16.3. The van der Waals surface area contributed by atoms with Crippen LogP contribution in [0.2, 0.25) is 0 Å². The van der Waals surface area contributed by atoms with Crippen molar-refractivity contribution in [1.82, 2.24) is 0 Å². The molecular formula is C17H23NO2. The van der Waals surface area contributed by atoms with Crippen LogP contribution in [-0.4, -0.2) is 11.0 Å². The van der Waals surface area contributed by atoms with Gasteiger partial charge in [-0.15, -0.1) is 0 Å². The maximum absolute atomic E-state index is 12.0. The molecule has 0 spiro atoms. The molecule has 3 heteroatoms. The van der Waals surface area contributed by atoms with Gasteiger partial charge in [-0.2, -0.15) is 0 Å². The fraction of sp³-hybridized carbons (Fsp3) is 0.588. The van der Waals surface area contributed by atoms with Crippen LogP contribution < -0.4 is 5.73 Å². The molecule has 1 fully saturated rings. The number of hydrogen-bond donors (Lipinski definition) is 2. The van der Waals surface area contributed by atoms with Crippen molar-refractivity contribution in [2.75, 3.05) is 0 Å². The smallest absolute Gasteiger partial charge is 0.223 e. The lowest BCUT2D eigenvalue weighted by Gasteiger charge is -2.54. The average Bonchev–Trinajstić information content (AvgIpc) is 2.39. The Hall–Kier alpha value is -1.51. The Labute approximate surface area is 120 Å². The van der Waals surface area contributed by atoms with Crippen LogP contribution in [0.1, 0.15) is 50.7 Å². The minimum Gasteiger partial charge on any atom is -0.508 e. The molecule has 0 aromatic heterocycles. The Bertz CT molecular complexity index is 568. The van der Waals surface area contributed by atoms with E-state index in [2.05, 4.69) is 6.92 Å². The summed E-state index contributed by atoms with van der Waals surface area (Å²) in [6.07, 6.45) is 4.95. The number of hydrogen-bond acceptors (Lipinski definition) is 2. The molecule has 108 valence electrons. The van der Waals surface area contributed by atoms with Gasteiger partial charge in [0, 0.05) is 5.41 Å². The lowest BCUT2D eigenvalue weighted by atomic mass is 9.49. The van der Waals surface area contributed by atoms with Crippen molar-refractivity contribution in [3.8, 4) is 5.75 Å². The Morgan fingerprint density at radius 1 is 1.35 bits per heavy atom. The van der Waals surface area contributed by atoms with E-state index in [1.807, 2.05) is 19.1 Å². The molecule has 2 aliphatic rings. The summed E-state index contributed by atoms with van der Waals surface area (Å²) in [7, 11) is 0. The molecule has 3 nitrogen and oxygen atoms in total. The van der Waals surface area contributed by atoms with Crippen LogP contribution >= 0.6 is 0 Å². The molecule has 0 aliphatic heterocycles. The molecule has 1 amide bonds. The Balaban J connectivity index is 2.13. The maximum Gasteiger partial charge on any atom is 0.223 e. The van der Waals surface area contributed by atoms with E-state index in [1.54, 1.807) is 6.07 Å². The fourth-order valence-corrected chi connectivity index (χ4v) is 4.74. The van der Waals surface area contributed by atoms with Gasteiger partial charge >= 0.3 is 0 Å². The van der Waals surface area contributed by atoms with Crippen molar-refractivity contribution in [1.29, 1.82) is 0 Å². The molecule has 3 atom stereocenters. The summed E-state index contributed by atoms with van der Waals surface area (Å²) in [5, 5.41) is 9.84. The van der Waals surface area contributed by atoms with E-state index in [1.165, 1.54) is 11.1 Å². The second-order valence-electron chi connectivity index (χ2n) is 6.99.